The van der Waals surface area contributed by atoms with Crippen LogP contribution in [0.1, 0.15) is 22.8 Å². The molecule has 0 aliphatic heterocycles. The van der Waals surface area contributed by atoms with E-state index in [1.807, 2.05) is 13.2 Å². The molecule has 0 aliphatic rings. The summed E-state index contributed by atoms with van der Waals surface area (Å²) in [7, 11) is 1.86. The van der Waals surface area contributed by atoms with Gasteiger partial charge in [0.1, 0.15) is 5.75 Å². The van der Waals surface area contributed by atoms with Gasteiger partial charge in [-0.15, -0.1) is 11.8 Å². The van der Waals surface area contributed by atoms with Gasteiger partial charge >= 0.3 is 0 Å². The summed E-state index contributed by atoms with van der Waals surface area (Å²) in [6.45, 7) is 1.52. The Hall–Kier alpha value is -1.75. The molecule has 0 aliphatic carbocycles. The number of hydrogen-bond donors (Lipinski definition) is 1. The number of phenols is 1. The van der Waals surface area contributed by atoms with Crippen molar-refractivity contribution < 1.29 is 9.90 Å². The molecule has 0 unspecified atom stereocenters. The van der Waals surface area contributed by atoms with Crippen molar-refractivity contribution in [2.24, 2.45) is 7.05 Å². The highest BCUT2D eigenvalue weighted by Gasteiger charge is 2.07. The van der Waals surface area contributed by atoms with Crippen LogP contribution in [-0.2, 0) is 12.8 Å². The number of hydrogen-bond acceptors (Lipinski definition) is 4. The Morgan fingerprint density at radius 3 is 2.89 bits per heavy atom. The largest absolute Gasteiger partial charge is 0.508 e. The lowest BCUT2D eigenvalue weighted by Gasteiger charge is -2.05. The van der Waals surface area contributed by atoms with Crippen molar-refractivity contribution in [2.45, 2.75) is 17.6 Å². The maximum atomic E-state index is 11.3. The zero-order chi connectivity index (χ0) is 13.1. The first-order chi connectivity index (χ1) is 8.56. The summed E-state index contributed by atoms with van der Waals surface area (Å²) >= 11 is 1.57. The molecular formula is C13H14N2O2S. The number of carbonyl (C=O) groups excluding carboxylic acids is 1. The van der Waals surface area contributed by atoms with Gasteiger partial charge in [-0.2, -0.15) is 5.10 Å². The molecule has 5 heteroatoms. The standard InChI is InChI=1S/C13H14N2O2S/c1-9(16)10-3-4-13(17)11(5-10)8-18-12-6-14-15(2)7-12/h3-7,17H,8H2,1-2H3. The normalized spacial score (nSPS) is 10.6. The molecule has 0 amide bonds. The highest BCUT2D eigenvalue weighted by atomic mass is 32.2. The maximum absolute atomic E-state index is 11.3. The zero-order valence-corrected chi connectivity index (χ0v) is 11.1. The summed E-state index contributed by atoms with van der Waals surface area (Å²) in [5.41, 5.74) is 1.38. The fraction of sp³-hybridized carbons (Fsp3) is 0.231. The summed E-state index contributed by atoms with van der Waals surface area (Å²) in [6, 6.07) is 4.94. The number of rotatable bonds is 4. The minimum Gasteiger partial charge on any atom is -0.508 e. The van der Waals surface area contributed by atoms with Gasteiger partial charge in [0.15, 0.2) is 5.78 Å². The second-order valence-corrected chi connectivity index (χ2v) is 5.09. The van der Waals surface area contributed by atoms with E-state index in [0.717, 1.165) is 10.5 Å². The molecule has 2 rings (SSSR count). The maximum Gasteiger partial charge on any atom is 0.159 e. The van der Waals surface area contributed by atoms with E-state index < -0.39 is 0 Å². The number of Topliss-reactive ketones (excluding diaryl/α,β-unsaturated/α-hetero) is 1. The lowest BCUT2D eigenvalue weighted by Crippen LogP contribution is -1.93. The van der Waals surface area contributed by atoms with Gasteiger partial charge < -0.3 is 5.11 Å². The Labute approximate surface area is 110 Å². The van der Waals surface area contributed by atoms with E-state index in [0.29, 0.717) is 11.3 Å². The average Bonchev–Trinajstić information content (AvgIpc) is 2.74. The van der Waals surface area contributed by atoms with Crippen LogP contribution in [0.2, 0.25) is 0 Å². The minimum absolute atomic E-state index is 0.00243. The van der Waals surface area contributed by atoms with Gasteiger partial charge in [-0.1, -0.05) is 0 Å². The molecule has 94 valence electrons. The summed E-state index contributed by atoms with van der Waals surface area (Å²) in [5.74, 6) is 0.831. The number of aromatic nitrogens is 2. The van der Waals surface area contributed by atoms with Crippen LogP contribution >= 0.6 is 11.8 Å². The van der Waals surface area contributed by atoms with Gasteiger partial charge in [0.2, 0.25) is 0 Å². The van der Waals surface area contributed by atoms with Crippen molar-refractivity contribution in [3.05, 3.63) is 41.7 Å². The molecule has 1 aromatic heterocycles. The topological polar surface area (TPSA) is 55.1 Å². The molecule has 0 atom stereocenters. The summed E-state index contributed by atoms with van der Waals surface area (Å²) in [6.07, 6.45) is 3.69. The fourth-order valence-corrected chi connectivity index (χ4v) is 2.46. The van der Waals surface area contributed by atoms with Crippen LogP contribution in [0.15, 0.2) is 35.5 Å². The van der Waals surface area contributed by atoms with E-state index in [9.17, 15) is 9.90 Å². The average molecular weight is 262 g/mol. The minimum atomic E-state index is 0.00243. The lowest BCUT2D eigenvalue weighted by atomic mass is 10.1. The van der Waals surface area contributed by atoms with Crippen LogP contribution in [0, 0.1) is 0 Å². The Balaban J connectivity index is 2.13. The molecule has 1 N–H and O–H groups in total. The molecule has 0 saturated heterocycles. The molecule has 0 fully saturated rings. The van der Waals surface area contributed by atoms with E-state index in [4.69, 9.17) is 0 Å². The van der Waals surface area contributed by atoms with Gasteiger partial charge in [0.25, 0.3) is 0 Å². The molecule has 2 aromatic rings. The molecular weight excluding hydrogens is 248 g/mol. The summed E-state index contributed by atoms with van der Waals surface area (Å²) in [4.78, 5) is 12.3. The van der Waals surface area contributed by atoms with E-state index in [2.05, 4.69) is 5.10 Å². The first-order valence-corrected chi connectivity index (χ1v) is 6.49. The van der Waals surface area contributed by atoms with Crippen molar-refractivity contribution in [3.8, 4) is 5.75 Å². The highest BCUT2D eigenvalue weighted by Crippen LogP contribution is 2.27. The number of benzene rings is 1. The monoisotopic (exact) mass is 262 g/mol. The third kappa shape index (κ3) is 2.92. The smallest absolute Gasteiger partial charge is 0.159 e. The predicted octanol–water partition coefficient (Wildman–Crippen LogP) is 2.62. The van der Waals surface area contributed by atoms with Crippen molar-refractivity contribution in [2.75, 3.05) is 0 Å². The fourth-order valence-electron chi connectivity index (χ4n) is 1.55. The third-order valence-electron chi connectivity index (χ3n) is 2.56. The molecule has 18 heavy (non-hydrogen) atoms. The first-order valence-electron chi connectivity index (χ1n) is 5.50. The Morgan fingerprint density at radius 2 is 2.28 bits per heavy atom. The quantitative estimate of drug-likeness (QED) is 0.679. The van der Waals surface area contributed by atoms with Crippen LogP contribution in [0.5, 0.6) is 5.75 Å². The van der Waals surface area contributed by atoms with Crippen LogP contribution in [0.25, 0.3) is 0 Å². The van der Waals surface area contributed by atoms with Gasteiger partial charge in [-0.3, -0.25) is 9.48 Å². The molecule has 0 bridgehead atoms. The van der Waals surface area contributed by atoms with Crippen LogP contribution in [-0.4, -0.2) is 20.7 Å². The third-order valence-corrected chi connectivity index (χ3v) is 3.56. The number of aromatic hydroxyl groups is 1. The molecule has 0 saturated carbocycles. The van der Waals surface area contributed by atoms with E-state index in [1.54, 1.807) is 40.8 Å². The van der Waals surface area contributed by atoms with Crippen molar-refractivity contribution in [1.29, 1.82) is 0 Å². The van der Waals surface area contributed by atoms with Gasteiger partial charge in [0.05, 0.1) is 6.20 Å². The summed E-state index contributed by atoms with van der Waals surface area (Å²) in [5, 5.41) is 13.8. The van der Waals surface area contributed by atoms with E-state index in [-0.39, 0.29) is 11.5 Å². The predicted molar refractivity (Wildman–Crippen MR) is 70.9 cm³/mol. The van der Waals surface area contributed by atoms with Crippen molar-refractivity contribution in [3.63, 3.8) is 0 Å². The van der Waals surface area contributed by atoms with Crippen molar-refractivity contribution >= 4 is 17.5 Å². The molecule has 1 aromatic carbocycles. The van der Waals surface area contributed by atoms with Crippen LogP contribution < -0.4 is 0 Å². The van der Waals surface area contributed by atoms with E-state index in [1.165, 1.54) is 6.92 Å². The molecule has 0 spiro atoms. The van der Waals surface area contributed by atoms with Gasteiger partial charge in [-0.25, -0.2) is 0 Å². The summed E-state index contributed by atoms with van der Waals surface area (Å²) < 4.78 is 1.73. The second-order valence-electron chi connectivity index (χ2n) is 4.04. The Kier molecular flexibility index (Phi) is 3.72. The van der Waals surface area contributed by atoms with E-state index >= 15 is 0 Å². The van der Waals surface area contributed by atoms with Gasteiger partial charge in [0, 0.05) is 35.0 Å². The Morgan fingerprint density at radius 1 is 1.50 bits per heavy atom. The molecule has 0 radical (unpaired) electrons. The van der Waals surface area contributed by atoms with Crippen LogP contribution in [0.4, 0.5) is 0 Å². The molecule has 4 nitrogen and oxygen atoms in total. The zero-order valence-electron chi connectivity index (χ0n) is 10.3. The highest BCUT2D eigenvalue weighted by molar-refractivity contribution is 7.98. The number of aryl methyl sites for hydroxylation is 1. The van der Waals surface area contributed by atoms with Crippen LogP contribution in [0.3, 0.4) is 0 Å². The van der Waals surface area contributed by atoms with Gasteiger partial charge in [-0.05, 0) is 25.1 Å². The number of phenolic OH excluding ortho intramolecular Hbond substituents is 1. The number of ketones is 1. The number of nitrogens with zero attached hydrogens (tertiary/aromatic N) is 2. The number of carbonyl (C=O) groups is 1. The Bertz CT molecular complexity index is 578. The first kappa shape index (κ1) is 12.7. The second kappa shape index (κ2) is 5.27. The lowest BCUT2D eigenvalue weighted by molar-refractivity contribution is 0.101. The van der Waals surface area contributed by atoms with Crippen molar-refractivity contribution in [1.82, 2.24) is 9.78 Å². The molecule has 1 heterocycles. The SMILES string of the molecule is CC(=O)c1ccc(O)c(CSc2cnn(C)c2)c1. The number of thioether (sulfide) groups is 1.